The summed E-state index contributed by atoms with van der Waals surface area (Å²) in [7, 11) is -3.60. The first-order chi connectivity index (χ1) is 13.0. The zero-order valence-corrected chi connectivity index (χ0v) is 16.2. The third-order valence-electron chi connectivity index (χ3n) is 4.77. The van der Waals surface area contributed by atoms with Gasteiger partial charge in [-0.05, 0) is 37.1 Å². The van der Waals surface area contributed by atoms with Crippen LogP contribution < -0.4 is 10.0 Å². The minimum absolute atomic E-state index is 0.0590. The highest BCUT2D eigenvalue weighted by atomic mass is 32.2. The Morgan fingerprint density at radius 3 is 2.56 bits per heavy atom. The molecule has 2 N–H and O–H groups in total. The van der Waals surface area contributed by atoms with Gasteiger partial charge in [-0.1, -0.05) is 0 Å². The maximum atomic E-state index is 12.3. The number of nitrogens with one attached hydrogen (secondary N) is 2. The lowest BCUT2D eigenvalue weighted by Crippen LogP contribution is -2.41. The van der Waals surface area contributed by atoms with Gasteiger partial charge < -0.3 is 14.8 Å². The zero-order chi connectivity index (χ0) is 19.1. The highest BCUT2D eigenvalue weighted by Crippen LogP contribution is 2.14. The van der Waals surface area contributed by atoms with Crippen LogP contribution in [0.2, 0.25) is 0 Å². The summed E-state index contributed by atoms with van der Waals surface area (Å²) in [6.07, 6.45) is 1.77. The minimum Gasteiger partial charge on any atom is -0.379 e. The lowest BCUT2D eigenvalue weighted by molar-refractivity contribution is 0.0383. The van der Waals surface area contributed by atoms with E-state index < -0.39 is 10.0 Å². The molecule has 27 heavy (non-hydrogen) atoms. The van der Waals surface area contributed by atoms with Crippen molar-refractivity contribution in [3.63, 3.8) is 0 Å². The Morgan fingerprint density at radius 2 is 1.89 bits per heavy atom. The van der Waals surface area contributed by atoms with E-state index in [-0.39, 0.29) is 23.5 Å². The predicted octanol–water partition coefficient (Wildman–Crippen LogP) is 0.206. The number of rotatable bonds is 8. The molecule has 1 aromatic carbocycles. The van der Waals surface area contributed by atoms with E-state index in [1.165, 1.54) is 24.3 Å². The first kappa shape index (κ1) is 20.2. The standard InChI is InChI=1S/C18H27N3O5S/c22-18(19-7-8-21-9-12-25-13-10-21)15-3-5-17(6-4-15)27(23,24)20-14-16-2-1-11-26-16/h3-6,16,20H,1-2,7-14H2,(H,19,22). The Bertz CT molecular complexity index is 711. The van der Waals surface area contributed by atoms with Crippen molar-refractivity contribution in [3.8, 4) is 0 Å². The molecule has 2 fully saturated rings. The Balaban J connectivity index is 1.47. The van der Waals surface area contributed by atoms with Crippen LogP contribution in [-0.2, 0) is 19.5 Å². The molecule has 1 atom stereocenters. The maximum Gasteiger partial charge on any atom is 0.251 e. The van der Waals surface area contributed by atoms with E-state index >= 15 is 0 Å². The van der Waals surface area contributed by atoms with Crippen molar-refractivity contribution in [1.82, 2.24) is 14.9 Å². The third-order valence-corrected chi connectivity index (χ3v) is 6.21. The number of nitrogens with zero attached hydrogens (tertiary/aromatic N) is 1. The molecule has 0 saturated carbocycles. The molecular formula is C18H27N3O5S. The van der Waals surface area contributed by atoms with E-state index in [1.807, 2.05) is 0 Å². The van der Waals surface area contributed by atoms with E-state index in [9.17, 15) is 13.2 Å². The van der Waals surface area contributed by atoms with Crippen LogP contribution in [0.5, 0.6) is 0 Å². The van der Waals surface area contributed by atoms with Gasteiger partial charge in [-0.2, -0.15) is 0 Å². The first-order valence-corrected chi connectivity index (χ1v) is 10.8. The largest absolute Gasteiger partial charge is 0.379 e. The lowest BCUT2D eigenvalue weighted by Gasteiger charge is -2.26. The Kier molecular flexibility index (Phi) is 7.20. The molecule has 1 aromatic rings. The van der Waals surface area contributed by atoms with Gasteiger partial charge in [-0.3, -0.25) is 9.69 Å². The predicted molar refractivity (Wildman–Crippen MR) is 100 cm³/mol. The lowest BCUT2D eigenvalue weighted by atomic mass is 10.2. The van der Waals surface area contributed by atoms with Crippen molar-refractivity contribution < 1.29 is 22.7 Å². The monoisotopic (exact) mass is 397 g/mol. The zero-order valence-electron chi connectivity index (χ0n) is 15.4. The van der Waals surface area contributed by atoms with Crippen LogP contribution in [-0.4, -0.2) is 77.9 Å². The van der Waals surface area contributed by atoms with Gasteiger partial charge in [0.1, 0.15) is 0 Å². The highest BCUT2D eigenvalue weighted by molar-refractivity contribution is 7.89. The number of carbonyl (C=O) groups is 1. The van der Waals surface area contributed by atoms with Crippen molar-refractivity contribution in [2.75, 3.05) is 52.5 Å². The molecule has 0 aliphatic carbocycles. The molecule has 0 aromatic heterocycles. The molecule has 0 bridgehead atoms. The molecule has 3 rings (SSSR count). The van der Waals surface area contributed by atoms with Gasteiger partial charge in [0.15, 0.2) is 0 Å². The second kappa shape index (κ2) is 9.61. The van der Waals surface area contributed by atoms with Crippen LogP contribution >= 0.6 is 0 Å². The number of amides is 1. The molecule has 2 heterocycles. The summed E-state index contributed by atoms with van der Waals surface area (Å²) in [6.45, 7) is 5.47. The number of ether oxygens (including phenoxy) is 2. The summed E-state index contributed by atoms with van der Waals surface area (Å²) in [5, 5.41) is 2.86. The molecule has 9 heteroatoms. The third kappa shape index (κ3) is 5.98. The van der Waals surface area contributed by atoms with Crippen LogP contribution in [0.4, 0.5) is 0 Å². The van der Waals surface area contributed by atoms with Crippen molar-refractivity contribution >= 4 is 15.9 Å². The quantitative estimate of drug-likeness (QED) is 0.651. The maximum absolute atomic E-state index is 12.3. The van der Waals surface area contributed by atoms with Crippen LogP contribution in [0, 0.1) is 0 Å². The fourth-order valence-electron chi connectivity index (χ4n) is 3.13. The first-order valence-electron chi connectivity index (χ1n) is 9.34. The minimum atomic E-state index is -3.60. The average molecular weight is 397 g/mol. The average Bonchev–Trinajstić information content (AvgIpc) is 3.21. The Hall–Kier alpha value is -1.52. The molecule has 2 saturated heterocycles. The smallest absolute Gasteiger partial charge is 0.251 e. The summed E-state index contributed by atoms with van der Waals surface area (Å²) >= 11 is 0. The van der Waals surface area contributed by atoms with E-state index in [4.69, 9.17) is 9.47 Å². The Morgan fingerprint density at radius 1 is 1.15 bits per heavy atom. The van der Waals surface area contributed by atoms with E-state index in [0.29, 0.717) is 18.7 Å². The number of hydrogen-bond acceptors (Lipinski definition) is 6. The number of sulfonamides is 1. The summed E-state index contributed by atoms with van der Waals surface area (Å²) < 4.78 is 38.0. The van der Waals surface area contributed by atoms with Crippen LogP contribution in [0.15, 0.2) is 29.2 Å². The highest BCUT2D eigenvalue weighted by Gasteiger charge is 2.20. The Labute approximate surface area is 160 Å². The van der Waals surface area contributed by atoms with Gasteiger partial charge in [0.05, 0.1) is 24.2 Å². The van der Waals surface area contributed by atoms with Crippen molar-refractivity contribution in [2.24, 2.45) is 0 Å². The fraction of sp³-hybridized carbons (Fsp3) is 0.611. The second-order valence-corrected chi connectivity index (χ2v) is 8.49. The number of benzene rings is 1. The van der Waals surface area contributed by atoms with E-state index in [0.717, 1.165) is 45.7 Å². The van der Waals surface area contributed by atoms with Gasteiger partial charge in [0.25, 0.3) is 5.91 Å². The number of hydrogen-bond donors (Lipinski definition) is 2. The van der Waals surface area contributed by atoms with Gasteiger partial charge in [-0.25, -0.2) is 13.1 Å². The molecule has 0 radical (unpaired) electrons. The molecule has 1 unspecified atom stereocenters. The molecule has 1 amide bonds. The topological polar surface area (TPSA) is 97.0 Å². The summed E-state index contributed by atoms with van der Waals surface area (Å²) in [4.78, 5) is 14.6. The fourth-order valence-corrected chi connectivity index (χ4v) is 4.20. The summed E-state index contributed by atoms with van der Waals surface area (Å²) in [5.74, 6) is -0.209. The van der Waals surface area contributed by atoms with E-state index in [2.05, 4.69) is 14.9 Å². The van der Waals surface area contributed by atoms with Crippen molar-refractivity contribution in [2.45, 2.75) is 23.8 Å². The van der Waals surface area contributed by atoms with Crippen LogP contribution in [0.25, 0.3) is 0 Å². The van der Waals surface area contributed by atoms with Gasteiger partial charge >= 0.3 is 0 Å². The summed E-state index contributed by atoms with van der Waals surface area (Å²) in [6, 6.07) is 5.97. The normalized spacial score (nSPS) is 21.3. The molecular weight excluding hydrogens is 370 g/mol. The van der Waals surface area contributed by atoms with Gasteiger partial charge in [0.2, 0.25) is 10.0 Å². The molecule has 0 spiro atoms. The molecule has 2 aliphatic rings. The second-order valence-electron chi connectivity index (χ2n) is 6.72. The van der Waals surface area contributed by atoms with Crippen LogP contribution in [0.1, 0.15) is 23.2 Å². The van der Waals surface area contributed by atoms with Crippen molar-refractivity contribution in [3.05, 3.63) is 29.8 Å². The van der Waals surface area contributed by atoms with Gasteiger partial charge in [0, 0.05) is 44.9 Å². The van der Waals surface area contributed by atoms with Crippen LogP contribution in [0.3, 0.4) is 0 Å². The molecule has 8 nitrogen and oxygen atoms in total. The summed E-state index contributed by atoms with van der Waals surface area (Å²) in [5.41, 5.74) is 0.440. The number of carbonyl (C=O) groups excluding carboxylic acids is 1. The number of morpholine rings is 1. The van der Waals surface area contributed by atoms with Crippen molar-refractivity contribution in [1.29, 1.82) is 0 Å². The van der Waals surface area contributed by atoms with Gasteiger partial charge in [-0.15, -0.1) is 0 Å². The SMILES string of the molecule is O=C(NCCN1CCOCC1)c1ccc(S(=O)(=O)NCC2CCCO2)cc1. The molecule has 2 aliphatic heterocycles. The van der Waals surface area contributed by atoms with E-state index in [1.54, 1.807) is 0 Å². The molecule has 150 valence electrons.